The van der Waals surface area contributed by atoms with Crippen molar-refractivity contribution in [3.05, 3.63) is 41.2 Å². The lowest BCUT2D eigenvalue weighted by atomic mass is 10.2. The monoisotopic (exact) mass is 376 g/mol. The molecular weight excluding hydrogens is 352 g/mol. The Morgan fingerprint density at radius 3 is 2.58 bits per heavy atom. The zero-order valence-electron chi connectivity index (χ0n) is 15.3. The van der Waals surface area contributed by atoms with Crippen molar-refractivity contribution in [1.29, 1.82) is 0 Å². The van der Waals surface area contributed by atoms with Crippen molar-refractivity contribution < 1.29 is 13.2 Å². The molecule has 0 radical (unpaired) electrons. The Bertz CT molecular complexity index is 893. The number of aryl methyl sites for hydroxylation is 2. The lowest BCUT2D eigenvalue weighted by molar-refractivity contribution is 0.402. The predicted molar refractivity (Wildman–Crippen MR) is 100.0 cm³/mol. The van der Waals surface area contributed by atoms with E-state index in [0.29, 0.717) is 17.4 Å². The molecule has 1 aromatic heterocycles. The Labute approximate surface area is 154 Å². The summed E-state index contributed by atoms with van der Waals surface area (Å²) in [5, 5.41) is 0. The van der Waals surface area contributed by atoms with Gasteiger partial charge in [-0.25, -0.2) is 23.1 Å². The third kappa shape index (κ3) is 4.13. The van der Waals surface area contributed by atoms with Gasteiger partial charge in [-0.15, -0.1) is 0 Å². The summed E-state index contributed by atoms with van der Waals surface area (Å²) in [6.45, 7) is 5.71. The number of benzene rings is 1. The fourth-order valence-corrected chi connectivity index (χ4v) is 4.26. The third-order valence-corrected chi connectivity index (χ3v) is 5.76. The van der Waals surface area contributed by atoms with Crippen LogP contribution in [0.25, 0.3) is 0 Å². The summed E-state index contributed by atoms with van der Waals surface area (Å²) in [5.74, 6) is 0.990. The molecule has 1 fully saturated rings. The fourth-order valence-electron chi connectivity index (χ4n) is 3.01. The summed E-state index contributed by atoms with van der Waals surface area (Å²) in [7, 11) is -2.26. The molecule has 0 atom stereocenters. The second-order valence-electron chi connectivity index (χ2n) is 6.47. The molecule has 1 aromatic carbocycles. The Morgan fingerprint density at radius 1 is 1.15 bits per heavy atom. The second-order valence-corrected chi connectivity index (χ2v) is 8.21. The molecule has 0 bridgehead atoms. The largest absolute Gasteiger partial charge is 0.495 e. The van der Waals surface area contributed by atoms with Gasteiger partial charge >= 0.3 is 0 Å². The van der Waals surface area contributed by atoms with Crippen LogP contribution >= 0.6 is 0 Å². The lowest BCUT2D eigenvalue weighted by Gasteiger charge is -2.17. The quantitative estimate of drug-likeness (QED) is 0.832. The van der Waals surface area contributed by atoms with Crippen molar-refractivity contribution >= 4 is 16.0 Å². The van der Waals surface area contributed by atoms with Crippen LogP contribution in [0, 0.1) is 13.8 Å². The molecule has 0 aliphatic carbocycles. The van der Waals surface area contributed by atoms with Gasteiger partial charge in [-0.1, -0.05) is 6.07 Å². The minimum atomic E-state index is -3.72. The van der Waals surface area contributed by atoms with Gasteiger partial charge in [0.15, 0.2) is 0 Å². The average molecular weight is 376 g/mol. The number of nitrogens with zero attached hydrogens (tertiary/aromatic N) is 3. The van der Waals surface area contributed by atoms with E-state index in [2.05, 4.69) is 19.6 Å². The van der Waals surface area contributed by atoms with Crippen LogP contribution in [0.1, 0.15) is 29.8 Å². The Kier molecular flexibility index (Phi) is 5.43. The summed E-state index contributed by atoms with van der Waals surface area (Å²) >= 11 is 0. The van der Waals surface area contributed by atoms with Gasteiger partial charge in [0.2, 0.25) is 16.0 Å². The number of ether oxygens (including phenoxy) is 1. The van der Waals surface area contributed by atoms with Crippen molar-refractivity contribution in [3.63, 3.8) is 0 Å². The van der Waals surface area contributed by atoms with E-state index in [9.17, 15) is 8.42 Å². The highest BCUT2D eigenvalue weighted by atomic mass is 32.2. The van der Waals surface area contributed by atoms with E-state index in [1.165, 1.54) is 7.11 Å². The van der Waals surface area contributed by atoms with Gasteiger partial charge in [0.05, 0.1) is 19.3 Å². The van der Waals surface area contributed by atoms with Crippen molar-refractivity contribution in [2.75, 3.05) is 25.1 Å². The van der Waals surface area contributed by atoms with E-state index in [0.717, 1.165) is 37.2 Å². The van der Waals surface area contributed by atoms with Crippen LogP contribution in [-0.4, -0.2) is 38.6 Å². The number of hydrogen-bond acceptors (Lipinski definition) is 6. The lowest BCUT2D eigenvalue weighted by Crippen LogP contribution is -2.26. The molecule has 26 heavy (non-hydrogen) atoms. The van der Waals surface area contributed by atoms with Gasteiger partial charge in [-0.3, -0.25) is 0 Å². The molecule has 8 heteroatoms. The van der Waals surface area contributed by atoms with E-state index in [-0.39, 0.29) is 11.4 Å². The molecule has 1 saturated heterocycles. The van der Waals surface area contributed by atoms with Crippen molar-refractivity contribution in [3.8, 4) is 5.75 Å². The van der Waals surface area contributed by atoms with Gasteiger partial charge in [0.25, 0.3) is 0 Å². The number of nitrogens with one attached hydrogen (secondary N) is 1. The Hall–Kier alpha value is -2.19. The molecule has 2 heterocycles. The van der Waals surface area contributed by atoms with E-state index < -0.39 is 10.0 Å². The highest BCUT2D eigenvalue weighted by Gasteiger charge is 2.21. The maximum atomic E-state index is 12.7. The highest BCUT2D eigenvalue weighted by molar-refractivity contribution is 7.89. The smallest absolute Gasteiger partial charge is 0.244 e. The van der Waals surface area contributed by atoms with Crippen LogP contribution in [0.15, 0.2) is 29.2 Å². The maximum absolute atomic E-state index is 12.7. The van der Waals surface area contributed by atoms with E-state index >= 15 is 0 Å². The molecule has 140 valence electrons. The number of rotatable bonds is 6. The first-order chi connectivity index (χ1) is 12.4. The van der Waals surface area contributed by atoms with Gasteiger partial charge in [-0.05, 0) is 50.5 Å². The first-order valence-corrected chi connectivity index (χ1v) is 10.1. The first kappa shape index (κ1) is 18.6. The Morgan fingerprint density at radius 2 is 1.88 bits per heavy atom. The van der Waals surface area contributed by atoms with Crippen LogP contribution in [0.5, 0.6) is 5.75 Å². The molecular formula is C18H24N4O3S. The molecule has 2 aromatic rings. The van der Waals surface area contributed by atoms with Crippen LogP contribution in [0.4, 0.5) is 5.95 Å². The predicted octanol–water partition coefficient (Wildman–Crippen LogP) is 2.18. The third-order valence-electron chi connectivity index (χ3n) is 4.34. The molecule has 1 N–H and O–H groups in total. The van der Waals surface area contributed by atoms with E-state index in [1.54, 1.807) is 18.2 Å². The van der Waals surface area contributed by atoms with Crippen molar-refractivity contribution in [1.82, 2.24) is 14.7 Å². The number of sulfonamides is 1. The Balaban J connectivity index is 1.81. The zero-order valence-corrected chi connectivity index (χ0v) is 16.1. The number of aromatic nitrogens is 2. The van der Waals surface area contributed by atoms with Gasteiger partial charge in [0.1, 0.15) is 10.6 Å². The van der Waals surface area contributed by atoms with Crippen LogP contribution < -0.4 is 14.4 Å². The van der Waals surface area contributed by atoms with Crippen LogP contribution in [-0.2, 0) is 16.6 Å². The van der Waals surface area contributed by atoms with E-state index in [4.69, 9.17) is 4.74 Å². The number of methoxy groups -OCH3 is 1. The average Bonchev–Trinajstić information content (AvgIpc) is 3.14. The minimum Gasteiger partial charge on any atom is -0.495 e. The van der Waals surface area contributed by atoms with Crippen molar-refractivity contribution in [2.45, 2.75) is 38.1 Å². The summed E-state index contributed by atoms with van der Waals surface area (Å²) in [4.78, 5) is 11.3. The zero-order chi connectivity index (χ0) is 18.7. The molecule has 3 rings (SSSR count). The molecule has 7 nitrogen and oxygen atoms in total. The maximum Gasteiger partial charge on any atom is 0.244 e. The number of hydrogen-bond donors (Lipinski definition) is 1. The number of anilines is 1. The topological polar surface area (TPSA) is 84.4 Å². The summed E-state index contributed by atoms with van der Waals surface area (Å²) < 4.78 is 33.3. The van der Waals surface area contributed by atoms with Crippen molar-refractivity contribution in [2.24, 2.45) is 0 Å². The molecule has 0 unspecified atom stereocenters. The van der Waals surface area contributed by atoms with Gasteiger partial charge < -0.3 is 9.64 Å². The summed E-state index contributed by atoms with van der Waals surface area (Å²) in [5.41, 5.74) is 2.32. The molecule has 1 aliphatic heterocycles. The van der Waals surface area contributed by atoms with Gasteiger partial charge in [0, 0.05) is 18.8 Å². The molecule has 1 aliphatic rings. The van der Waals surface area contributed by atoms with Gasteiger partial charge in [-0.2, -0.15) is 0 Å². The standard InChI is InChI=1S/C18H24N4O3S/c1-13-6-7-16(25-3)17(10-13)26(23,24)19-12-15-11-14(2)20-18(21-15)22-8-4-5-9-22/h6-7,10-11,19H,4-5,8-9,12H2,1-3H3. The van der Waals surface area contributed by atoms with Crippen LogP contribution in [0.3, 0.4) is 0 Å². The summed E-state index contributed by atoms with van der Waals surface area (Å²) in [6, 6.07) is 6.87. The summed E-state index contributed by atoms with van der Waals surface area (Å²) in [6.07, 6.45) is 2.26. The second kappa shape index (κ2) is 7.59. The molecule has 0 amide bonds. The van der Waals surface area contributed by atoms with Crippen LogP contribution in [0.2, 0.25) is 0 Å². The fraction of sp³-hybridized carbons (Fsp3) is 0.444. The highest BCUT2D eigenvalue weighted by Crippen LogP contribution is 2.25. The SMILES string of the molecule is COc1ccc(C)cc1S(=O)(=O)NCc1cc(C)nc(N2CCCC2)n1. The van der Waals surface area contributed by atoms with E-state index in [1.807, 2.05) is 19.9 Å². The molecule has 0 spiro atoms. The minimum absolute atomic E-state index is 0.101. The first-order valence-electron chi connectivity index (χ1n) is 8.63. The molecule has 0 saturated carbocycles. The normalized spacial score (nSPS) is 14.7.